The molecule has 0 aliphatic heterocycles. The Kier molecular flexibility index (Phi) is 6.31. The molecule has 1 fully saturated rings. The smallest absolute Gasteiger partial charge is 0.119 e. The second-order valence-corrected chi connectivity index (χ2v) is 7.09. The average molecular weight is 356 g/mol. The van der Waals surface area contributed by atoms with Crippen molar-refractivity contribution in [2.24, 2.45) is 17.0 Å². The Bertz CT molecular complexity index is 654. The third-order valence-electron chi connectivity index (χ3n) is 5.60. The van der Waals surface area contributed by atoms with Crippen molar-refractivity contribution in [1.82, 2.24) is 0 Å². The zero-order chi connectivity index (χ0) is 18.4. The van der Waals surface area contributed by atoms with Gasteiger partial charge in [0.1, 0.15) is 17.6 Å². The monoisotopic (exact) mass is 356 g/mol. The van der Waals surface area contributed by atoms with E-state index in [1.54, 1.807) is 14.2 Å². The van der Waals surface area contributed by atoms with Crippen LogP contribution in [0.5, 0.6) is 5.75 Å². The molecule has 3 rings (SSSR count). The standard InChI is InChI=1S/C21H28N2O3/c1-25-17-11-7-15(8-12-17)21(23-24)19-5-3-4-6-20(19)22-16-9-13-18(26-2)14-10-16/h7,9-15,19-22H,3-6,8H2,1-2H3. The maximum atomic E-state index is 11.8. The Hall–Kier alpha value is -2.30. The Morgan fingerprint density at radius 1 is 1.12 bits per heavy atom. The lowest BCUT2D eigenvalue weighted by molar-refractivity contribution is 0.240. The first-order valence-corrected chi connectivity index (χ1v) is 9.40. The maximum absolute atomic E-state index is 11.8. The molecule has 0 bridgehead atoms. The van der Waals surface area contributed by atoms with Crippen molar-refractivity contribution < 1.29 is 9.47 Å². The number of anilines is 1. The van der Waals surface area contributed by atoms with Gasteiger partial charge in [0.05, 0.1) is 14.2 Å². The molecule has 0 saturated heterocycles. The van der Waals surface area contributed by atoms with E-state index in [0.29, 0.717) is 0 Å². The fourth-order valence-corrected chi connectivity index (χ4v) is 4.14. The number of nitrogens with one attached hydrogen (secondary N) is 1. The molecule has 5 heteroatoms. The molecule has 5 nitrogen and oxygen atoms in total. The van der Waals surface area contributed by atoms with Gasteiger partial charge in [0.15, 0.2) is 0 Å². The lowest BCUT2D eigenvalue weighted by Gasteiger charge is -2.37. The minimum Gasteiger partial charge on any atom is -0.497 e. The van der Waals surface area contributed by atoms with Gasteiger partial charge in [0.2, 0.25) is 0 Å². The highest BCUT2D eigenvalue weighted by atomic mass is 16.5. The number of nitrogens with zero attached hydrogens (tertiary/aromatic N) is 1. The topological polar surface area (TPSA) is 59.9 Å². The minimum atomic E-state index is -0.211. The molecule has 1 aromatic carbocycles. The van der Waals surface area contributed by atoms with Crippen LogP contribution in [0.4, 0.5) is 5.69 Å². The summed E-state index contributed by atoms with van der Waals surface area (Å²) in [6.07, 6.45) is 11.4. The van der Waals surface area contributed by atoms with Crippen LogP contribution >= 0.6 is 0 Å². The molecule has 0 heterocycles. The Balaban J connectivity index is 1.71. The van der Waals surface area contributed by atoms with E-state index in [1.165, 1.54) is 6.42 Å². The van der Waals surface area contributed by atoms with Gasteiger partial charge in [-0.1, -0.05) is 24.1 Å². The molecule has 0 radical (unpaired) electrons. The van der Waals surface area contributed by atoms with Crippen LogP contribution in [0.1, 0.15) is 32.1 Å². The number of hydrogen-bond acceptors (Lipinski definition) is 5. The summed E-state index contributed by atoms with van der Waals surface area (Å²) in [6.45, 7) is 0. The SMILES string of the molecule is COC1=CCC(C(N=O)C2CCCCC2Nc2ccc(OC)cc2)C=C1. The first-order chi connectivity index (χ1) is 12.7. The fourth-order valence-electron chi connectivity index (χ4n) is 4.14. The van der Waals surface area contributed by atoms with Gasteiger partial charge >= 0.3 is 0 Å². The van der Waals surface area contributed by atoms with E-state index in [-0.39, 0.29) is 23.9 Å². The van der Waals surface area contributed by atoms with Crippen LogP contribution in [0.15, 0.2) is 53.4 Å². The molecule has 1 saturated carbocycles. The normalized spacial score (nSPS) is 26.5. The number of ether oxygens (including phenoxy) is 2. The molecule has 0 amide bonds. The van der Waals surface area contributed by atoms with E-state index in [1.807, 2.05) is 30.3 Å². The van der Waals surface area contributed by atoms with Gasteiger partial charge in [-0.25, -0.2) is 0 Å². The van der Waals surface area contributed by atoms with Gasteiger partial charge in [-0.05, 0) is 55.7 Å². The van der Waals surface area contributed by atoms with E-state index in [9.17, 15) is 4.91 Å². The number of nitroso groups, excluding NO2 is 1. The third-order valence-corrected chi connectivity index (χ3v) is 5.60. The summed E-state index contributed by atoms with van der Waals surface area (Å²) in [6, 6.07) is 8.02. The second-order valence-electron chi connectivity index (χ2n) is 7.09. The first kappa shape index (κ1) is 18.5. The molecular weight excluding hydrogens is 328 g/mol. The van der Waals surface area contributed by atoms with Gasteiger partial charge in [0.25, 0.3) is 0 Å². The number of allylic oxidation sites excluding steroid dienone is 2. The third kappa shape index (κ3) is 4.26. The zero-order valence-electron chi connectivity index (χ0n) is 15.6. The van der Waals surface area contributed by atoms with Crippen LogP contribution in [-0.4, -0.2) is 26.3 Å². The molecule has 2 aliphatic rings. The van der Waals surface area contributed by atoms with Crippen molar-refractivity contribution in [1.29, 1.82) is 0 Å². The van der Waals surface area contributed by atoms with E-state index in [4.69, 9.17) is 9.47 Å². The highest BCUT2D eigenvalue weighted by molar-refractivity contribution is 5.47. The lowest BCUT2D eigenvalue weighted by atomic mass is 9.74. The zero-order valence-corrected chi connectivity index (χ0v) is 15.6. The molecule has 4 unspecified atom stereocenters. The van der Waals surface area contributed by atoms with Crippen LogP contribution in [0.25, 0.3) is 0 Å². The van der Waals surface area contributed by atoms with Crippen molar-refractivity contribution in [3.63, 3.8) is 0 Å². The van der Waals surface area contributed by atoms with Crippen molar-refractivity contribution in [3.8, 4) is 5.75 Å². The highest BCUT2D eigenvalue weighted by Crippen LogP contribution is 2.36. The largest absolute Gasteiger partial charge is 0.497 e. The number of methoxy groups -OCH3 is 2. The van der Waals surface area contributed by atoms with Gasteiger partial charge in [-0.2, -0.15) is 4.91 Å². The Morgan fingerprint density at radius 3 is 2.50 bits per heavy atom. The highest BCUT2D eigenvalue weighted by Gasteiger charge is 2.37. The van der Waals surface area contributed by atoms with Crippen molar-refractivity contribution in [2.45, 2.75) is 44.2 Å². The Morgan fingerprint density at radius 2 is 1.88 bits per heavy atom. The molecule has 4 atom stereocenters. The quantitative estimate of drug-likeness (QED) is 0.705. The number of rotatable bonds is 7. The van der Waals surface area contributed by atoms with E-state index < -0.39 is 0 Å². The predicted molar refractivity (Wildman–Crippen MR) is 104 cm³/mol. The molecule has 26 heavy (non-hydrogen) atoms. The summed E-state index contributed by atoms with van der Waals surface area (Å²) < 4.78 is 10.5. The summed E-state index contributed by atoms with van der Waals surface area (Å²) >= 11 is 0. The first-order valence-electron chi connectivity index (χ1n) is 9.40. The number of hydrogen-bond donors (Lipinski definition) is 1. The molecule has 1 aromatic rings. The minimum absolute atomic E-state index is 0.148. The summed E-state index contributed by atoms with van der Waals surface area (Å²) in [5.41, 5.74) is 1.06. The van der Waals surface area contributed by atoms with E-state index in [2.05, 4.69) is 22.6 Å². The maximum Gasteiger partial charge on any atom is 0.119 e. The van der Waals surface area contributed by atoms with Gasteiger partial charge in [-0.15, -0.1) is 0 Å². The van der Waals surface area contributed by atoms with E-state index in [0.717, 1.165) is 42.9 Å². The average Bonchev–Trinajstić information content (AvgIpc) is 2.71. The summed E-state index contributed by atoms with van der Waals surface area (Å²) in [5.74, 6) is 2.10. The van der Waals surface area contributed by atoms with Gasteiger partial charge < -0.3 is 14.8 Å². The lowest BCUT2D eigenvalue weighted by Crippen LogP contribution is -2.41. The summed E-state index contributed by atoms with van der Waals surface area (Å²) in [5, 5.41) is 7.21. The van der Waals surface area contributed by atoms with Gasteiger partial charge in [0, 0.05) is 23.6 Å². The van der Waals surface area contributed by atoms with Gasteiger partial charge in [-0.3, -0.25) is 0 Å². The summed E-state index contributed by atoms with van der Waals surface area (Å²) in [7, 11) is 3.34. The van der Waals surface area contributed by atoms with Crippen LogP contribution < -0.4 is 10.1 Å². The Labute approximate surface area is 155 Å². The molecule has 140 valence electrons. The van der Waals surface area contributed by atoms with Crippen LogP contribution in [0.2, 0.25) is 0 Å². The van der Waals surface area contributed by atoms with Crippen LogP contribution in [0, 0.1) is 16.7 Å². The molecular formula is C21H28N2O3. The van der Waals surface area contributed by atoms with E-state index >= 15 is 0 Å². The molecule has 2 aliphatic carbocycles. The van der Waals surface area contributed by atoms with Crippen LogP contribution in [0.3, 0.4) is 0 Å². The molecule has 0 aromatic heterocycles. The van der Waals surface area contributed by atoms with Crippen LogP contribution in [-0.2, 0) is 4.74 Å². The second kappa shape index (κ2) is 8.88. The molecule has 0 spiro atoms. The molecule has 1 N–H and O–H groups in total. The summed E-state index contributed by atoms with van der Waals surface area (Å²) in [4.78, 5) is 11.8. The van der Waals surface area contributed by atoms with Crippen molar-refractivity contribution in [3.05, 3.63) is 53.2 Å². The van der Waals surface area contributed by atoms with Crippen molar-refractivity contribution in [2.75, 3.05) is 19.5 Å². The van der Waals surface area contributed by atoms with Crippen molar-refractivity contribution >= 4 is 5.69 Å². The number of benzene rings is 1. The predicted octanol–water partition coefficient (Wildman–Crippen LogP) is 4.91. The fraction of sp³-hybridized carbons (Fsp3) is 0.524.